The van der Waals surface area contributed by atoms with Crippen molar-refractivity contribution in [2.75, 3.05) is 19.0 Å². The topological polar surface area (TPSA) is 73.9 Å². The number of methoxy groups -OCH3 is 1. The fourth-order valence-electron chi connectivity index (χ4n) is 2.90. The Bertz CT molecular complexity index is 1000. The third-order valence-corrected chi connectivity index (χ3v) is 4.33. The van der Waals surface area contributed by atoms with Crippen molar-refractivity contribution in [1.29, 1.82) is 0 Å². The van der Waals surface area contributed by atoms with Crippen molar-refractivity contribution < 1.29 is 23.8 Å². The van der Waals surface area contributed by atoms with E-state index < -0.39 is 6.10 Å². The minimum atomic E-state index is -0.932. The summed E-state index contributed by atoms with van der Waals surface area (Å²) in [4.78, 5) is 24.2. The molecule has 0 saturated carbocycles. The van der Waals surface area contributed by atoms with Crippen LogP contribution in [0.5, 0.6) is 17.2 Å². The highest BCUT2D eigenvalue weighted by molar-refractivity contribution is 5.95. The first kappa shape index (κ1) is 20.9. The lowest BCUT2D eigenvalue weighted by molar-refractivity contribution is -0.123. The number of ether oxygens (including phenoxy) is 3. The van der Waals surface area contributed by atoms with E-state index in [9.17, 15) is 9.59 Å². The van der Waals surface area contributed by atoms with Crippen LogP contribution in [-0.2, 0) is 4.79 Å². The lowest BCUT2D eigenvalue weighted by Gasteiger charge is -2.21. The molecule has 30 heavy (non-hydrogen) atoms. The predicted octanol–water partition coefficient (Wildman–Crippen LogP) is 4.67. The number of carbonyl (C=O) groups is 2. The van der Waals surface area contributed by atoms with E-state index in [1.165, 1.54) is 0 Å². The molecule has 1 N–H and O–H groups in total. The maximum absolute atomic E-state index is 13.1. The zero-order valence-corrected chi connectivity index (χ0v) is 16.8. The lowest BCUT2D eigenvalue weighted by Crippen LogP contribution is -2.26. The van der Waals surface area contributed by atoms with Crippen LogP contribution in [0.1, 0.15) is 28.9 Å². The summed E-state index contributed by atoms with van der Waals surface area (Å²) in [5, 5.41) is 2.87. The Balaban J connectivity index is 1.92. The smallest absolute Gasteiger partial charge is 0.270 e. The summed E-state index contributed by atoms with van der Waals surface area (Å²) in [7, 11) is 1.56. The van der Waals surface area contributed by atoms with Gasteiger partial charge >= 0.3 is 0 Å². The average molecular weight is 405 g/mol. The zero-order valence-electron chi connectivity index (χ0n) is 16.8. The van der Waals surface area contributed by atoms with Gasteiger partial charge in [0.2, 0.25) is 6.10 Å². The molecule has 3 aromatic rings. The van der Waals surface area contributed by atoms with Gasteiger partial charge in [0.25, 0.3) is 5.91 Å². The van der Waals surface area contributed by atoms with Crippen LogP contribution in [0.3, 0.4) is 0 Å². The van der Waals surface area contributed by atoms with Gasteiger partial charge in [0.05, 0.1) is 13.7 Å². The largest absolute Gasteiger partial charge is 0.497 e. The molecule has 0 fully saturated rings. The van der Waals surface area contributed by atoms with Crippen LogP contribution in [0.4, 0.5) is 5.69 Å². The lowest BCUT2D eigenvalue weighted by atomic mass is 10.1. The van der Waals surface area contributed by atoms with E-state index in [1.807, 2.05) is 37.3 Å². The molecular formula is C24H23NO5. The van der Waals surface area contributed by atoms with Crippen LogP contribution in [0.2, 0.25) is 0 Å². The van der Waals surface area contributed by atoms with Crippen LogP contribution in [0.25, 0.3) is 0 Å². The quantitative estimate of drug-likeness (QED) is 0.524. The number of amides is 1. The molecule has 0 aliphatic heterocycles. The molecule has 0 unspecified atom stereocenters. The summed E-state index contributed by atoms with van der Waals surface area (Å²) in [5.74, 6) is 1.05. The fraction of sp³-hybridized carbons (Fsp3) is 0.167. The number of benzene rings is 3. The van der Waals surface area contributed by atoms with E-state index in [-0.39, 0.29) is 5.91 Å². The Morgan fingerprint density at radius 2 is 1.80 bits per heavy atom. The maximum atomic E-state index is 13.1. The summed E-state index contributed by atoms with van der Waals surface area (Å²) in [6, 6.07) is 21.1. The maximum Gasteiger partial charge on any atom is 0.270 e. The number of hydrogen-bond acceptors (Lipinski definition) is 5. The van der Waals surface area contributed by atoms with E-state index in [0.717, 1.165) is 6.29 Å². The van der Waals surface area contributed by atoms with Gasteiger partial charge in [-0.1, -0.05) is 36.4 Å². The first-order valence-corrected chi connectivity index (χ1v) is 9.53. The monoisotopic (exact) mass is 405 g/mol. The SMILES string of the molecule is CCOc1cc(C=O)ccc1O[C@H](C(=O)Nc1cccc(OC)c1)c1ccccc1. The third-order valence-electron chi connectivity index (χ3n) is 4.33. The number of hydrogen-bond donors (Lipinski definition) is 1. The highest BCUT2D eigenvalue weighted by Crippen LogP contribution is 2.33. The zero-order chi connectivity index (χ0) is 21.3. The van der Waals surface area contributed by atoms with Crippen molar-refractivity contribution in [3.05, 3.63) is 83.9 Å². The molecular weight excluding hydrogens is 382 g/mol. The van der Waals surface area contributed by atoms with Crippen molar-refractivity contribution >= 4 is 17.9 Å². The van der Waals surface area contributed by atoms with Gasteiger partial charge in [-0.25, -0.2) is 0 Å². The molecule has 0 aromatic heterocycles. The number of carbonyl (C=O) groups excluding carboxylic acids is 2. The summed E-state index contributed by atoms with van der Waals surface area (Å²) in [5.41, 5.74) is 1.73. The number of aldehydes is 1. The summed E-state index contributed by atoms with van der Waals surface area (Å²) < 4.78 is 16.9. The van der Waals surface area contributed by atoms with Crippen molar-refractivity contribution in [2.24, 2.45) is 0 Å². The first-order chi connectivity index (χ1) is 14.6. The Morgan fingerprint density at radius 1 is 1.00 bits per heavy atom. The molecule has 6 heteroatoms. The van der Waals surface area contributed by atoms with Crippen LogP contribution in [-0.4, -0.2) is 25.9 Å². The molecule has 1 atom stereocenters. The normalized spacial score (nSPS) is 11.3. The Kier molecular flexibility index (Phi) is 7.05. The molecule has 154 valence electrons. The standard InChI is InChI=1S/C24H23NO5/c1-3-29-22-14-17(16-26)12-13-21(22)30-23(18-8-5-4-6-9-18)24(27)25-19-10-7-11-20(15-19)28-2/h4-16,23H,3H2,1-2H3,(H,25,27)/t23-/m0/s1. The molecule has 0 spiro atoms. The summed E-state index contributed by atoms with van der Waals surface area (Å²) in [6.45, 7) is 2.23. The van der Waals surface area contributed by atoms with Crippen molar-refractivity contribution in [2.45, 2.75) is 13.0 Å². The molecule has 0 aliphatic rings. The fourth-order valence-corrected chi connectivity index (χ4v) is 2.90. The average Bonchev–Trinajstić information content (AvgIpc) is 2.79. The Morgan fingerprint density at radius 3 is 2.50 bits per heavy atom. The van der Waals surface area contributed by atoms with Gasteiger partial charge < -0.3 is 19.5 Å². The van der Waals surface area contributed by atoms with E-state index in [4.69, 9.17) is 14.2 Å². The molecule has 1 amide bonds. The summed E-state index contributed by atoms with van der Waals surface area (Å²) >= 11 is 0. The van der Waals surface area contributed by atoms with E-state index in [0.29, 0.717) is 40.7 Å². The highest BCUT2D eigenvalue weighted by Gasteiger charge is 2.24. The Hall–Kier alpha value is -3.80. The molecule has 0 heterocycles. The molecule has 0 saturated heterocycles. The van der Waals surface area contributed by atoms with Gasteiger partial charge in [0.15, 0.2) is 11.5 Å². The number of anilines is 1. The van der Waals surface area contributed by atoms with E-state index in [1.54, 1.807) is 49.6 Å². The minimum absolute atomic E-state index is 0.351. The third kappa shape index (κ3) is 5.17. The van der Waals surface area contributed by atoms with Crippen molar-refractivity contribution in [1.82, 2.24) is 0 Å². The van der Waals surface area contributed by atoms with Crippen LogP contribution < -0.4 is 19.5 Å². The first-order valence-electron chi connectivity index (χ1n) is 9.53. The minimum Gasteiger partial charge on any atom is -0.497 e. The second kappa shape index (κ2) is 10.1. The van der Waals surface area contributed by atoms with E-state index in [2.05, 4.69) is 5.32 Å². The highest BCUT2D eigenvalue weighted by atomic mass is 16.5. The molecule has 6 nitrogen and oxygen atoms in total. The van der Waals surface area contributed by atoms with Gasteiger partial charge in [-0.3, -0.25) is 9.59 Å². The molecule has 0 bridgehead atoms. The van der Waals surface area contributed by atoms with Gasteiger partial charge in [0, 0.05) is 22.9 Å². The number of nitrogens with one attached hydrogen (secondary N) is 1. The second-order valence-electron chi connectivity index (χ2n) is 6.39. The van der Waals surface area contributed by atoms with Gasteiger partial charge in [0.1, 0.15) is 12.0 Å². The molecule has 0 aliphatic carbocycles. The van der Waals surface area contributed by atoms with Crippen molar-refractivity contribution in [3.8, 4) is 17.2 Å². The van der Waals surface area contributed by atoms with Crippen LogP contribution >= 0.6 is 0 Å². The molecule has 3 aromatic carbocycles. The summed E-state index contributed by atoms with van der Waals surface area (Å²) in [6.07, 6.45) is -0.199. The molecule has 3 rings (SSSR count). The van der Waals surface area contributed by atoms with Crippen LogP contribution in [0.15, 0.2) is 72.8 Å². The van der Waals surface area contributed by atoms with Crippen LogP contribution in [0, 0.1) is 0 Å². The van der Waals surface area contributed by atoms with Gasteiger partial charge in [-0.15, -0.1) is 0 Å². The molecule has 0 radical (unpaired) electrons. The predicted molar refractivity (Wildman–Crippen MR) is 114 cm³/mol. The Labute approximate surface area is 175 Å². The van der Waals surface area contributed by atoms with E-state index >= 15 is 0 Å². The van der Waals surface area contributed by atoms with Gasteiger partial charge in [-0.05, 0) is 37.3 Å². The van der Waals surface area contributed by atoms with Gasteiger partial charge in [-0.2, -0.15) is 0 Å². The number of rotatable bonds is 9. The van der Waals surface area contributed by atoms with Crippen molar-refractivity contribution in [3.63, 3.8) is 0 Å². The second-order valence-corrected chi connectivity index (χ2v) is 6.39.